The quantitative estimate of drug-likeness (QED) is 0.827. The maximum Gasteiger partial charge on any atom is 0.280 e. The summed E-state index contributed by atoms with van der Waals surface area (Å²) in [6, 6.07) is 1.38. The number of aromatic nitrogens is 3. The van der Waals surface area contributed by atoms with Gasteiger partial charge in [-0.15, -0.1) is 0 Å². The summed E-state index contributed by atoms with van der Waals surface area (Å²) in [6.07, 6.45) is 6.40. The Morgan fingerprint density at radius 2 is 2.04 bits per heavy atom. The lowest BCUT2D eigenvalue weighted by Crippen LogP contribution is -2.45. The molecule has 0 aromatic carbocycles. The van der Waals surface area contributed by atoms with Crippen molar-refractivity contribution < 1.29 is 9.32 Å². The van der Waals surface area contributed by atoms with Crippen LogP contribution in [0.2, 0.25) is 0 Å². The number of amides is 1. The van der Waals surface area contributed by atoms with E-state index in [1.54, 1.807) is 0 Å². The second kappa shape index (κ2) is 6.46. The van der Waals surface area contributed by atoms with Gasteiger partial charge in [0.1, 0.15) is 11.6 Å². The minimum Gasteiger partial charge on any atom is -0.384 e. The van der Waals surface area contributed by atoms with Gasteiger partial charge < -0.3 is 14.4 Å². The van der Waals surface area contributed by atoms with Crippen molar-refractivity contribution in [3.8, 4) is 0 Å². The monoisotopic (exact) mass is 384 g/mol. The van der Waals surface area contributed by atoms with E-state index in [0.29, 0.717) is 37.6 Å². The Balaban J connectivity index is 1.27. The topological polar surface area (TPSA) is 112 Å². The number of nitrogens with zero attached hydrogens (tertiary/aromatic N) is 2. The summed E-state index contributed by atoms with van der Waals surface area (Å²) in [4.78, 5) is 45.9. The molecule has 1 spiro atoms. The highest BCUT2D eigenvalue weighted by Gasteiger charge is 2.45. The van der Waals surface area contributed by atoms with Crippen LogP contribution in [-0.4, -0.2) is 39.0 Å². The molecule has 1 saturated carbocycles. The Morgan fingerprint density at radius 3 is 2.71 bits per heavy atom. The van der Waals surface area contributed by atoms with Crippen molar-refractivity contribution in [3.05, 3.63) is 49.6 Å². The highest BCUT2D eigenvalue weighted by atomic mass is 16.5. The van der Waals surface area contributed by atoms with E-state index in [1.165, 1.54) is 6.07 Å². The lowest BCUT2D eigenvalue weighted by atomic mass is 9.76. The molecule has 8 heteroatoms. The van der Waals surface area contributed by atoms with Crippen molar-refractivity contribution in [2.45, 2.75) is 62.7 Å². The summed E-state index contributed by atoms with van der Waals surface area (Å²) in [6.45, 7) is 1.37. The van der Waals surface area contributed by atoms with Gasteiger partial charge in [0.25, 0.3) is 11.1 Å². The third-order valence-corrected chi connectivity index (χ3v) is 6.59. The Hall–Kier alpha value is -2.64. The number of hydrogen-bond acceptors (Lipinski definition) is 5. The number of rotatable bonds is 4. The first-order valence-corrected chi connectivity index (χ1v) is 10.1. The molecule has 0 radical (unpaired) electrons. The Morgan fingerprint density at radius 1 is 1.25 bits per heavy atom. The molecule has 2 fully saturated rings. The molecule has 1 saturated heterocycles. The largest absolute Gasteiger partial charge is 0.384 e. The van der Waals surface area contributed by atoms with Gasteiger partial charge in [-0.2, -0.15) is 5.16 Å². The zero-order valence-electron chi connectivity index (χ0n) is 15.8. The number of aryl methyl sites for hydroxylation is 1. The van der Waals surface area contributed by atoms with Crippen LogP contribution in [0.25, 0.3) is 0 Å². The smallest absolute Gasteiger partial charge is 0.280 e. The number of nitrogens with one attached hydrogen (secondary N) is 2. The van der Waals surface area contributed by atoms with Crippen LogP contribution in [-0.2, 0) is 23.1 Å². The fraction of sp³-hybridized carbons (Fsp3) is 0.600. The molecule has 2 aliphatic carbocycles. The highest BCUT2D eigenvalue weighted by molar-refractivity contribution is 5.76. The van der Waals surface area contributed by atoms with E-state index in [2.05, 4.69) is 10.1 Å². The minimum atomic E-state index is -0.282. The molecule has 0 bridgehead atoms. The molecule has 0 atom stereocenters. The third kappa shape index (κ3) is 3.00. The van der Waals surface area contributed by atoms with E-state index in [4.69, 9.17) is 9.51 Å². The number of H-pyrrole nitrogens is 2. The molecule has 2 aromatic rings. The van der Waals surface area contributed by atoms with Crippen molar-refractivity contribution in [1.29, 1.82) is 0 Å². The van der Waals surface area contributed by atoms with Crippen LogP contribution in [0, 0.1) is 0 Å². The maximum atomic E-state index is 12.6. The maximum absolute atomic E-state index is 12.6. The van der Waals surface area contributed by atoms with E-state index in [9.17, 15) is 14.4 Å². The zero-order valence-corrected chi connectivity index (χ0v) is 15.8. The van der Waals surface area contributed by atoms with Crippen LogP contribution in [0.4, 0.5) is 0 Å². The van der Waals surface area contributed by atoms with Gasteiger partial charge in [-0.25, -0.2) is 4.98 Å². The van der Waals surface area contributed by atoms with Crippen LogP contribution in [0.1, 0.15) is 67.3 Å². The molecular weight excluding hydrogens is 360 g/mol. The van der Waals surface area contributed by atoms with Gasteiger partial charge in [0.2, 0.25) is 5.91 Å². The average molecular weight is 384 g/mol. The van der Waals surface area contributed by atoms with E-state index in [-0.39, 0.29) is 22.4 Å². The van der Waals surface area contributed by atoms with E-state index >= 15 is 0 Å². The van der Waals surface area contributed by atoms with Gasteiger partial charge in [-0.3, -0.25) is 14.4 Å². The fourth-order valence-electron chi connectivity index (χ4n) is 4.72. The van der Waals surface area contributed by atoms with Gasteiger partial charge in [-0.05, 0) is 38.5 Å². The first-order chi connectivity index (χ1) is 13.5. The van der Waals surface area contributed by atoms with Gasteiger partial charge in [0, 0.05) is 48.9 Å². The second-order valence-electron chi connectivity index (χ2n) is 8.39. The minimum absolute atomic E-state index is 0.0373. The van der Waals surface area contributed by atoms with Crippen molar-refractivity contribution >= 4 is 5.91 Å². The Labute approximate surface area is 161 Å². The number of likely N-dealkylation sites (tertiary alicyclic amines) is 1. The van der Waals surface area contributed by atoms with E-state index < -0.39 is 0 Å². The molecule has 148 valence electrons. The number of hydrogen-bond donors (Lipinski definition) is 2. The first kappa shape index (κ1) is 17.5. The standard InChI is InChI=1S/C20H24N4O4/c25-15-11-13(28-23-15)3-4-16(26)24-9-7-20(8-10-24)6-5-14-17(20)21-18(12-1-2-12)22-19(14)27/h11-12H,1-10H2,(H,23,25)(H,21,22,27). The van der Waals surface area contributed by atoms with Gasteiger partial charge >= 0.3 is 0 Å². The lowest BCUT2D eigenvalue weighted by molar-refractivity contribution is -0.132. The van der Waals surface area contributed by atoms with Crippen molar-refractivity contribution in [1.82, 2.24) is 20.0 Å². The third-order valence-electron chi connectivity index (χ3n) is 6.59. The molecule has 0 unspecified atom stereocenters. The zero-order chi connectivity index (χ0) is 19.3. The Bertz CT molecular complexity index is 1020. The summed E-state index contributed by atoms with van der Waals surface area (Å²) < 4.78 is 5.01. The normalized spacial score (nSPS) is 20.5. The first-order valence-electron chi connectivity index (χ1n) is 10.1. The predicted molar refractivity (Wildman–Crippen MR) is 100 cm³/mol. The molecule has 28 heavy (non-hydrogen) atoms. The average Bonchev–Trinajstić information content (AvgIpc) is 3.38. The van der Waals surface area contributed by atoms with E-state index in [1.807, 2.05) is 4.90 Å². The van der Waals surface area contributed by atoms with Crippen molar-refractivity contribution in [2.75, 3.05) is 13.1 Å². The molecule has 3 aliphatic rings. The molecule has 2 N–H and O–H groups in total. The molecule has 1 amide bonds. The summed E-state index contributed by atoms with van der Waals surface area (Å²) in [5, 5.41) is 2.25. The predicted octanol–water partition coefficient (Wildman–Crippen LogP) is 1.37. The van der Waals surface area contributed by atoms with Gasteiger partial charge in [0.15, 0.2) is 0 Å². The van der Waals surface area contributed by atoms with Gasteiger partial charge in [-0.1, -0.05) is 0 Å². The molecule has 8 nitrogen and oxygen atoms in total. The SMILES string of the molecule is O=C(CCc1cc(=O)[nH]o1)N1CCC2(CCc3c2nc(C2CC2)[nH]c3=O)CC1. The molecule has 3 heterocycles. The number of carbonyl (C=O) groups excluding carboxylic acids is 1. The Kier molecular flexibility index (Phi) is 4.03. The van der Waals surface area contributed by atoms with E-state index in [0.717, 1.165) is 55.6 Å². The van der Waals surface area contributed by atoms with Crippen LogP contribution >= 0.6 is 0 Å². The van der Waals surface area contributed by atoms with Crippen LogP contribution < -0.4 is 11.1 Å². The number of carbonyl (C=O) groups is 1. The van der Waals surface area contributed by atoms with Crippen LogP contribution in [0.15, 0.2) is 20.2 Å². The summed E-state index contributed by atoms with van der Waals surface area (Å²) in [5.41, 5.74) is 1.55. The summed E-state index contributed by atoms with van der Waals surface area (Å²) in [7, 11) is 0. The van der Waals surface area contributed by atoms with Crippen molar-refractivity contribution in [3.63, 3.8) is 0 Å². The second-order valence-corrected chi connectivity index (χ2v) is 8.39. The highest BCUT2D eigenvalue weighted by Crippen LogP contribution is 2.46. The number of aromatic amines is 2. The van der Waals surface area contributed by atoms with Crippen LogP contribution in [0.5, 0.6) is 0 Å². The number of piperidine rings is 1. The molecule has 5 rings (SSSR count). The fourth-order valence-corrected chi connectivity index (χ4v) is 4.72. The van der Waals surface area contributed by atoms with Crippen molar-refractivity contribution in [2.24, 2.45) is 0 Å². The summed E-state index contributed by atoms with van der Waals surface area (Å²) >= 11 is 0. The van der Waals surface area contributed by atoms with Gasteiger partial charge in [0.05, 0.1) is 5.69 Å². The van der Waals surface area contributed by atoms with Crippen LogP contribution in [0.3, 0.4) is 0 Å². The molecule has 2 aromatic heterocycles. The lowest BCUT2D eigenvalue weighted by Gasteiger charge is -2.39. The number of fused-ring (bicyclic) bond motifs is 2. The molecular formula is C20H24N4O4. The summed E-state index contributed by atoms with van der Waals surface area (Å²) in [5.74, 6) is 1.87. The molecule has 1 aliphatic heterocycles.